The number of aromatic amines is 1. The van der Waals surface area contributed by atoms with Crippen LogP contribution >= 0.6 is 0 Å². The summed E-state index contributed by atoms with van der Waals surface area (Å²) in [6.07, 6.45) is 4.43. The molecule has 4 rings (SSSR count). The van der Waals surface area contributed by atoms with Gasteiger partial charge in [-0.3, -0.25) is 4.79 Å². The molecule has 0 bridgehead atoms. The molecule has 29 heavy (non-hydrogen) atoms. The van der Waals surface area contributed by atoms with Crippen molar-refractivity contribution in [2.24, 2.45) is 0 Å². The van der Waals surface area contributed by atoms with Crippen LogP contribution in [0, 0.1) is 6.92 Å². The number of aliphatic hydroxyl groups is 1. The van der Waals surface area contributed by atoms with Gasteiger partial charge in [-0.2, -0.15) is 4.98 Å². The highest BCUT2D eigenvalue weighted by Crippen LogP contribution is 2.40. The van der Waals surface area contributed by atoms with Crippen LogP contribution in [0.1, 0.15) is 42.9 Å². The van der Waals surface area contributed by atoms with Gasteiger partial charge in [-0.25, -0.2) is 9.97 Å². The number of hydrogen-bond donors (Lipinski definition) is 3. The largest absolute Gasteiger partial charge is 0.481 e. The van der Waals surface area contributed by atoms with E-state index in [1.165, 1.54) is 0 Å². The predicted octanol–water partition coefficient (Wildman–Crippen LogP) is 2.76. The molecular formula is C21H25N5O3. The summed E-state index contributed by atoms with van der Waals surface area (Å²) < 4.78 is 5.16. The lowest BCUT2D eigenvalue weighted by molar-refractivity contribution is 0.123. The molecule has 1 saturated carbocycles. The monoisotopic (exact) mass is 395 g/mol. The second kappa shape index (κ2) is 7.79. The molecule has 0 unspecified atom stereocenters. The number of aliphatic hydroxyl groups excluding tert-OH is 1. The van der Waals surface area contributed by atoms with Gasteiger partial charge in [0.25, 0.3) is 5.56 Å². The average Bonchev–Trinajstić information content (AvgIpc) is 2.73. The Kier molecular flexibility index (Phi) is 5.19. The summed E-state index contributed by atoms with van der Waals surface area (Å²) in [6, 6.07) is 3.60. The molecule has 152 valence electrons. The number of ether oxygens (including phenoxy) is 1. The Morgan fingerprint density at radius 3 is 2.59 bits per heavy atom. The molecule has 3 aromatic heterocycles. The minimum atomic E-state index is -0.279. The third-order valence-electron chi connectivity index (χ3n) is 5.65. The first kappa shape index (κ1) is 19.3. The smallest absolute Gasteiger partial charge is 0.257 e. The molecule has 3 aromatic rings. The molecule has 3 heterocycles. The van der Waals surface area contributed by atoms with Crippen molar-refractivity contribution in [1.29, 1.82) is 0 Å². The number of aryl methyl sites for hydroxylation is 1. The van der Waals surface area contributed by atoms with Crippen molar-refractivity contribution in [1.82, 2.24) is 19.9 Å². The van der Waals surface area contributed by atoms with Crippen LogP contribution in [0.5, 0.6) is 5.88 Å². The first-order valence-electron chi connectivity index (χ1n) is 9.82. The number of nitrogens with zero attached hydrogens (tertiary/aromatic N) is 3. The summed E-state index contributed by atoms with van der Waals surface area (Å²) >= 11 is 0. The van der Waals surface area contributed by atoms with Crippen molar-refractivity contribution in [3.63, 3.8) is 0 Å². The molecule has 3 N–H and O–H groups in total. The zero-order valence-corrected chi connectivity index (χ0v) is 16.8. The molecule has 0 saturated heterocycles. The molecule has 8 heteroatoms. The molecule has 0 atom stereocenters. The van der Waals surface area contributed by atoms with Crippen molar-refractivity contribution < 1.29 is 9.84 Å². The molecule has 0 spiro atoms. The van der Waals surface area contributed by atoms with Gasteiger partial charge in [0, 0.05) is 30.3 Å². The van der Waals surface area contributed by atoms with Crippen LogP contribution in [0.15, 0.2) is 23.1 Å². The van der Waals surface area contributed by atoms with Crippen molar-refractivity contribution in [2.75, 3.05) is 19.5 Å². The van der Waals surface area contributed by atoms with Gasteiger partial charge in [-0.15, -0.1) is 0 Å². The van der Waals surface area contributed by atoms with Gasteiger partial charge >= 0.3 is 0 Å². The van der Waals surface area contributed by atoms with E-state index in [2.05, 4.69) is 25.3 Å². The second-order valence-corrected chi connectivity index (χ2v) is 7.44. The number of aromatic nitrogens is 4. The van der Waals surface area contributed by atoms with Crippen molar-refractivity contribution >= 4 is 17.0 Å². The van der Waals surface area contributed by atoms with Crippen molar-refractivity contribution in [3.05, 3.63) is 39.9 Å². The highest BCUT2D eigenvalue weighted by atomic mass is 16.5. The first-order chi connectivity index (χ1) is 14.0. The third kappa shape index (κ3) is 3.55. The summed E-state index contributed by atoms with van der Waals surface area (Å²) in [6.45, 7) is 1.93. The maximum absolute atomic E-state index is 13.2. The lowest BCUT2D eigenvalue weighted by Crippen LogP contribution is -2.22. The maximum atomic E-state index is 13.2. The fraction of sp³-hybridized carbons (Fsp3) is 0.429. The fourth-order valence-electron chi connectivity index (χ4n) is 4.22. The standard InChI is InChI=1S/C21H25N5O3/c1-11-16-17(12-4-7-14(27)8-5-12)18(13-6-9-15(29-3)23-10-13)20(28)25-19(16)26-21(22-2)24-11/h6,9-10,12,14,27H,4-5,7-8H2,1-3H3,(H2,22,24,25,26,28). The van der Waals surface area contributed by atoms with Gasteiger partial charge in [0.1, 0.15) is 5.65 Å². The Balaban J connectivity index is 2.00. The topological polar surface area (TPSA) is 113 Å². The number of nitrogens with one attached hydrogen (secondary N) is 2. The molecule has 0 aromatic carbocycles. The van der Waals surface area contributed by atoms with E-state index >= 15 is 0 Å². The van der Waals surface area contributed by atoms with E-state index in [0.29, 0.717) is 35.9 Å². The Labute approximate surface area is 168 Å². The van der Waals surface area contributed by atoms with E-state index in [1.54, 1.807) is 26.4 Å². The summed E-state index contributed by atoms with van der Waals surface area (Å²) in [7, 11) is 3.31. The quantitative estimate of drug-likeness (QED) is 0.622. The molecule has 1 aliphatic rings. The Hall–Kier alpha value is -3.00. The van der Waals surface area contributed by atoms with Crippen LogP contribution in [0.3, 0.4) is 0 Å². The van der Waals surface area contributed by atoms with Gasteiger partial charge in [-0.05, 0) is 50.2 Å². The van der Waals surface area contributed by atoms with Gasteiger partial charge < -0.3 is 20.1 Å². The van der Waals surface area contributed by atoms with Gasteiger partial charge in [-0.1, -0.05) is 0 Å². The van der Waals surface area contributed by atoms with Crippen LogP contribution in [0.25, 0.3) is 22.2 Å². The van der Waals surface area contributed by atoms with Crippen LogP contribution in [0.2, 0.25) is 0 Å². The van der Waals surface area contributed by atoms with Gasteiger partial charge in [0.2, 0.25) is 11.8 Å². The summed E-state index contributed by atoms with van der Waals surface area (Å²) in [5, 5.41) is 13.8. The van der Waals surface area contributed by atoms with Crippen molar-refractivity contribution in [3.8, 4) is 17.0 Å². The minimum Gasteiger partial charge on any atom is -0.481 e. The average molecular weight is 395 g/mol. The summed E-state index contributed by atoms with van der Waals surface area (Å²) in [4.78, 5) is 29.4. The molecule has 8 nitrogen and oxygen atoms in total. The Morgan fingerprint density at radius 2 is 1.97 bits per heavy atom. The number of methoxy groups -OCH3 is 1. The minimum absolute atomic E-state index is 0.142. The van der Waals surface area contributed by atoms with E-state index in [0.717, 1.165) is 35.0 Å². The number of anilines is 1. The van der Waals surface area contributed by atoms with Crippen LogP contribution in [-0.4, -0.2) is 45.3 Å². The van der Waals surface area contributed by atoms with E-state index in [-0.39, 0.29) is 17.6 Å². The highest BCUT2D eigenvalue weighted by Gasteiger charge is 2.28. The zero-order valence-electron chi connectivity index (χ0n) is 16.8. The Bertz CT molecular complexity index is 1090. The normalized spacial score (nSPS) is 19.3. The molecule has 0 amide bonds. The number of fused-ring (bicyclic) bond motifs is 1. The third-order valence-corrected chi connectivity index (χ3v) is 5.65. The number of pyridine rings is 2. The van der Waals surface area contributed by atoms with E-state index < -0.39 is 0 Å². The second-order valence-electron chi connectivity index (χ2n) is 7.44. The number of hydrogen-bond acceptors (Lipinski definition) is 7. The SMILES string of the molecule is CNc1nc(C)c2c(C3CCC(O)CC3)c(-c3ccc(OC)nc3)c(=O)[nH]c2n1. The van der Waals surface area contributed by atoms with Gasteiger partial charge in [0.15, 0.2) is 0 Å². The van der Waals surface area contributed by atoms with E-state index in [4.69, 9.17) is 4.74 Å². The van der Waals surface area contributed by atoms with Crippen LogP contribution < -0.4 is 15.6 Å². The molecule has 1 fully saturated rings. The predicted molar refractivity (Wildman–Crippen MR) is 111 cm³/mol. The van der Waals surface area contributed by atoms with Gasteiger partial charge in [0.05, 0.1) is 24.5 Å². The molecule has 1 aliphatic carbocycles. The fourth-order valence-corrected chi connectivity index (χ4v) is 4.22. The molecular weight excluding hydrogens is 370 g/mol. The van der Waals surface area contributed by atoms with Crippen LogP contribution in [-0.2, 0) is 0 Å². The first-order valence-corrected chi connectivity index (χ1v) is 9.82. The van der Waals surface area contributed by atoms with E-state index in [9.17, 15) is 9.90 Å². The molecule has 0 aliphatic heterocycles. The zero-order chi connectivity index (χ0) is 20.5. The maximum Gasteiger partial charge on any atom is 0.257 e. The van der Waals surface area contributed by atoms with E-state index in [1.807, 2.05) is 13.0 Å². The lowest BCUT2D eigenvalue weighted by atomic mass is 9.79. The van der Waals surface area contributed by atoms with Crippen LogP contribution in [0.4, 0.5) is 5.95 Å². The highest BCUT2D eigenvalue weighted by molar-refractivity contribution is 5.89. The summed E-state index contributed by atoms with van der Waals surface area (Å²) in [5.74, 6) is 1.10. The van der Waals surface area contributed by atoms with Crippen molar-refractivity contribution in [2.45, 2.75) is 44.6 Å². The number of H-pyrrole nitrogens is 1. The lowest BCUT2D eigenvalue weighted by Gasteiger charge is -2.28. The molecule has 0 radical (unpaired) electrons. The summed E-state index contributed by atoms with van der Waals surface area (Å²) in [5.41, 5.74) is 3.40. The Morgan fingerprint density at radius 1 is 1.21 bits per heavy atom. The number of rotatable bonds is 4.